The SMILES string of the molecule is Cc1nn(C)c(C)c1C=CC(=O)Nc1cccc(OCc2cccnc2)c1. The number of nitrogens with zero attached hydrogens (tertiary/aromatic N) is 3. The van der Waals surface area contributed by atoms with Gasteiger partial charge in [0.15, 0.2) is 0 Å². The molecule has 3 aromatic rings. The molecule has 0 aliphatic rings. The molecule has 138 valence electrons. The number of pyridine rings is 1. The Morgan fingerprint density at radius 1 is 1.26 bits per heavy atom. The van der Waals surface area contributed by atoms with Crippen molar-refractivity contribution in [2.24, 2.45) is 7.05 Å². The van der Waals surface area contributed by atoms with Crippen molar-refractivity contribution in [3.05, 3.63) is 77.4 Å². The van der Waals surface area contributed by atoms with E-state index in [2.05, 4.69) is 15.4 Å². The lowest BCUT2D eigenvalue weighted by molar-refractivity contribution is -0.111. The molecule has 0 aliphatic heterocycles. The van der Waals surface area contributed by atoms with Crippen LogP contribution in [0.4, 0.5) is 5.69 Å². The number of ether oxygens (including phenoxy) is 1. The fourth-order valence-electron chi connectivity index (χ4n) is 2.69. The molecule has 0 bridgehead atoms. The lowest BCUT2D eigenvalue weighted by Crippen LogP contribution is -2.08. The van der Waals surface area contributed by atoms with Gasteiger partial charge in [-0.2, -0.15) is 5.10 Å². The van der Waals surface area contributed by atoms with Gasteiger partial charge in [0.1, 0.15) is 12.4 Å². The van der Waals surface area contributed by atoms with Gasteiger partial charge in [0, 0.05) is 54.1 Å². The van der Waals surface area contributed by atoms with Crippen LogP contribution in [0.25, 0.3) is 6.08 Å². The van der Waals surface area contributed by atoms with Gasteiger partial charge >= 0.3 is 0 Å². The van der Waals surface area contributed by atoms with E-state index in [9.17, 15) is 4.79 Å². The molecule has 3 rings (SSSR count). The second-order valence-corrected chi connectivity index (χ2v) is 6.21. The molecule has 1 aromatic carbocycles. The molecule has 0 saturated heterocycles. The third kappa shape index (κ3) is 4.82. The molecule has 27 heavy (non-hydrogen) atoms. The van der Waals surface area contributed by atoms with E-state index >= 15 is 0 Å². The average molecular weight is 362 g/mol. The van der Waals surface area contributed by atoms with Crippen molar-refractivity contribution < 1.29 is 9.53 Å². The zero-order valence-corrected chi connectivity index (χ0v) is 15.6. The summed E-state index contributed by atoms with van der Waals surface area (Å²) in [4.78, 5) is 16.3. The Morgan fingerprint density at radius 3 is 2.81 bits per heavy atom. The maximum atomic E-state index is 12.2. The quantitative estimate of drug-likeness (QED) is 0.680. The van der Waals surface area contributed by atoms with Gasteiger partial charge in [-0.1, -0.05) is 12.1 Å². The Labute approximate surface area is 158 Å². The second kappa shape index (κ2) is 8.31. The molecule has 2 heterocycles. The summed E-state index contributed by atoms with van der Waals surface area (Å²) in [7, 11) is 1.89. The first-order valence-corrected chi connectivity index (χ1v) is 8.64. The predicted molar refractivity (Wildman–Crippen MR) is 105 cm³/mol. The summed E-state index contributed by atoms with van der Waals surface area (Å²) in [6.07, 6.45) is 6.79. The van der Waals surface area contributed by atoms with E-state index in [0.717, 1.165) is 22.5 Å². The number of hydrogen-bond donors (Lipinski definition) is 1. The van der Waals surface area contributed by atoms with Gasteiger partial charge in [-0.3, -0.25) is 14.5 Å². The molecule has 0 fully saturated rings. The van der Waals surface area contributed by atoms with Gasteiger partial charge in [0.25, 0.3) is 0 Å². The summed E-state index contributed by atoms with van der Waals surface area (Å²) in [5, 5.41) is 7.19. The van der Waals surface area contributed by atoms with Crippen LogP contribution in [0.3, 0.4) is 0 Å². The van der Waals surface area contributed by atoms with E-state index in [1.54, 1.807) is 29.2 Å². The zero-order chi connectivity index (χ0) is 19.2. The molecule has 0 atom stereocenters. The number of nitrogens with one attached hydrogen (secondary N) is 1. The molecule has 2 aromatic heterocycles. The van der Waals surface area contributed by atoms with Gasteiger partial charge in [-0.05, 0) is 38.1 Å². The van der Waals surface area contributed by atoms with Crippen molar-refractivity contribution in [1.82, 2.24) is 14.8 Å². The summed E-state index contributed by atoms with van der Waals surface area (Å²) in [6.45, 7) is 4.32. The maximum Gasteiger partial charge on any atom is 0.248 e. The second-order valence-electron chi connectivity index (χ2n) is 6.21. The van der Waals surface area contributed by atoms with Crippen LogP contribution >= 0.6 is 0 Å². The number of carbonyl (C=O) groups excluding carboxylic acids is 1. The molecule has 6 heteroatoms. The van der Waals surface area contributed by atoms with Gasteiger partial charge in [0.2, 0.25) is 5.91 Å². The fourth-order valence-corrected chi connectivity index (χ4v) is 2.69. The van der Waals surface area contributed by atoms with Crippen molar-refractivity contribution in [1.29, 1.82) is 0 Å². The molecule has 0 saturated carbocycles. The first-order chi connectivity index (χ1) is 13.0. The summed E-state index contributed by atoms with van der Waals surface area (Å²) in [5.41, 5.74) is 4.53. The third-order valence-electron chi connectivity index (χ3n) is 4.20. The lowest BCUT2D eigenvalue weighted by atomic mass is 10.2. The van der Waals surface area contributed by atoms with Crippen LogP contribution in [0.1, 0.15) is 22.5 Å². The first-order valence-electron chi connectivity index (χ1n) is 8.64. The summed E-state index contributed by atoms with van der Waals surface area (Å²) < 4.78 is 7.56. The van der Waals surface area contributed by atoms with Crippen molar-refractivity contribution >= 4 is 17.7 Å². The third-order valence-corrected chi connectivity index (χ3v) is 4.20. The Balaban J connectivity index is 1.61. The smallest absolute Gasteiger partial charge is 0.248 e. The number of benzene rings is 1. The van der Waals surface area contributed by atoms with E-state index in [0.29, 0.717) is 18.0 Å². The van der Waals surface area contributed by atoms with Gasteiger partial charge < -0.3 is 10.1 Å². The molecule has 1 amide bonds. The molecule has 1 N–H and O–H groups in total. The van der Waals surface area contributed by atoms with Crippen molar-refractivity contribution in [3.8, 4) is 5.75 Å². The molecule has 0 aliphatic carbocycles. The summed E-state index contributed by atoms with van der Waals surface area (Å²) in [6, 6.07) is 11.1. The van der Waals surface area contributed by atoms with E-state index in [1.807, 2.05) is 51.2 Å². The number of carbonyl (C=O) groups is 1. The number of aryl methyl sites for hydroxylation is 2. The topological polar surface area (TPSA) is 69.0 Å². The van der Waals surface area contributed by atoms with Crippen molar-refractivity contribution in [2.45, 2.75) is 20.5 Å². The van der Waals surface area contributed by atoms with Gasteiger partial charge in [0.05, 0.1) is 5.69 Å². The molecule has 0 radical (unpaired) electrons. The van der Waals surface area contributed by atoms with Crippen molar-refractivity contribution in [3.63, 3.8) is 0 Å². The van der Waals surface area contributed by atoms with E-state index in [1.165, 1.54) is 6.08 Å². The molecule has 0 unspecified atom stereocenters. The first kappa shape index (κ1) is 18.4. The van der Waals surface area contributed by atoms with Crippen LogP contribution in [0.2, 0.25) is 0 Å². The fraction of sp³-hybridized carbons (Fsp3) is 0.190. The Hall–Kier alpha value is -3.41. The minimum absolute atomic E-state index is 0.206. The average Bonchev–Trinajstić information content (AvgIpc) is 2.91. The number of amides is 1. The Bertz CT molecular complexity index is 962. The minimum Gasteiger partial charge on any atom is -0.489 e. The van der Waals surface area contributed by atoms with Gasteiger partial charge in [-0.25, -0.2) is 0 Å². The largest absolute Gasteiger partial charge is 0.489 e. The number of rotatable bonds is 6. The predicted octanol–water partition coefficient (Wildman–Crippen LogP) is 3.66. The van der Waals surface area contributed by atoms with E-state index < -0.39 is 0 Å². The normalized spacial score (nSPS) is 10.9. The summed E-state index contributed by atoms with van der Waals surface area (Å²) >= 11 is 0. The van der Waals surface area contributed by atoms with Crippen LogP contribution < -0.4 is 10.1 Å². The maximum absolute atomic E-state index is 12.2. The van der Waals surface area contributed by atoms with Crippen molar-refractivity contribution in [2.75, 3.05) is 5.32 Å². The number of hydrogen-bond acceptors (Lipinski definition) is 4. The summed E-state index contributed by atoms with van der Waals surface area (Å²) in [5.74, 6) is 0.474. The van der Waals surface area contributed by atoms with Crippen LogP contribution in [-0.4, -0.2) is 20.7 Å². The highest BCUT2D eigenvalue weighted by Crippen LogP contribution is 2.19. The highest BCUT2D eigenvalue weighted by molar-refractivity contribution is 6.02. The minimum atomic E-state index is -0.206. The van der Waals surface area contributed by atoms with Crippen LogP contribution in [0.5, 0.6) is 5.75 Å². The zero-order valence-electron chi connectivity index (χ0n) is 15.6. The molecule has 0 spiro atoms. The Morgan fingerprint density at radius 2 is 2.11 bits per heavy atom. The highest BCUT2D eigenvalue weighted by Gasteiger charge is 2.07. The number of aromatic nitrogens is 3. The van der Waals surface area contributed by atoms with E-state index in [4.69, 9.17) is 4.74 Å². The highest BCUT2D eigenvalue weighted by atomic mass is 16.5. The van der Waals surface area contributed by atoms with E-state index in [-0.39, 0.29) is 5.91 Å². The van der Waals surface area contributed by atoms with Crippen LogP contribution in [-0.2, 0) is 18.4 Å². The monoisotopic (exact) mass is 362 g/mol. The van der Waals surface area contributed by atoms with Crippen LogP contribution in [0, 0.1) is 13.8 Å². The number of anilines is 1. The standard InChI is InChI=1S/C21H22N4O2/c1-15-20(16(2)25(3)24-15)9-10-21(26)23-18-7-4-8-19(12-18)27-14-17-6-5-11-22-13-17/h4-13H,14H2,1-3H3,(H,23,26). The Kier molecular flexibility index (Phi) is 5.66. The molecular formula is C21H22N4O2. The lowest BCUT2D eigenvalue weighted by Gasteiger charge is -2.08. The molecular weight excluding hydrogens is 340 g/mol. The van der Waals surface area contributed by atoms with Crippen LogP contribution in [0.15, 0.2) is 54.9 Å². The van der Waals surface area contributed by atoms with Gasteiger partial charge in [-0.15, -0.1) is 0 Å². The molecule has 6 nitrogen and oxygen atoms in total.